The van der Waals surface area contributed by atoms with E-state index < -0.39 is 17.4 Å². The van der Waals surface area contributed by atoms with Gasteiger partial charge in [-0.2, -0.15) is 0 Å². The summed E-state index contributed by atoms with van der Waals surface area (Å²) < 4.78 is 13.4. The Morgan fingerprint density at radius 1 is 1.29 bits per heavy atom. The van der Waals surface area contributed by atoms with Crippen LogP contribution in [0.3, 0.4) is 0 Å². The number of carboxylic acid groups (broad SMARTS) is 1. The quantitative estimate of drug-likeness (QED) is 0.721. The minimum Gasteiger partial charge on any atom is -0.481 e. The molecule has 0 bridgehead atoms. The molecule has 0 heterocycles. The molecule has 2 amide bonds. The van der Waals surface area contributed by atoms with Gasteiger partial charge in [0.1, 0.15) is 5.82 Å². The summed E-state index contributed by atoms with van der Waals surface area (Å²) in [5, 5.41) is 14.2. The first kappa shape index (κ1) is 16.9. The lowest BCUT2D eigenvalue weighted by Crippen LogP contribution is -2.45. The van der Waals surface area contributed by atoms with Crippen LogP contribution < -0.4 is 10.6 Å². The number of urea groups is 1. The van der Waals surface area contributed by atoms with E-state index in [9.17, 15) is 14.0 Å². The first-order valence-electron chi connectivity index (χ1n) is 6.87. The van der Waals surface area contributed by atoms with Gasteiger partial charge in [-0.3, -0.25) is 4.79 Å². The highest BCUT2D eigenvalue weighted by Gasteiger charge is 2.31. The molecule has 0 spiro atoms. The molecule has 1 atom stereocenters. The van der Waals surface area contributed by atoms with Crippen molar-refractivity contribution in [3.05, 3.63) is 35.6 Å². The second-order valence-electron chi connectivity index (χ2n) is 5.17. The molecule has 21 heavy (non-hydrogen) atoms. The summed E-state index contributed by atoms with van der Waals surface area (Å²) in [5.41, 5.74) is -0.454. The molecule has 0 saturated carbocycles. The molecule has 0 aliphatic carbocycles. The van der Waals surface area contributed by atoms with E-state index in [4.69, 9.17) is 5.11 Å². The van der Waals surface area contributed by atoms with Gasteiger partial charge in [-0.05, 0) is 31.4 Å². The molecule has 6 heteroatoms. The Morgan fingerprint density at radius 2 is 1.95 bits per heavy atom. The van der Waals surface area contributed by atoms with Crippen molar-refractivity contribution in [1.29, 1.82) is 0 Å². The van der Waals surface area contributed by atoms with Crippen molar-refractivity contribution in [2.45, 2.75) is 26.7 Å². The van der Waals surface area contributed by atoms with Crippen LogP contribution in [0.4, 0.5) is 9.18 Å². The largest absolute Gasteiger partial charge is 0.481 e. The van der Waals surface area contributed by atoms with Gasteiger partial charge in [0.05, 0.1) is 5.41 Å². The normalized spacial score (nSPS) is 13.3. The number of aliphatic carboxylic acids is 1. The summed E-state index contributed by atoms with van der Waals surface area (Å²) in [5.74, 6) is -1.25. The fraction of sp³-hybridized carbons (Fsp3) is 0.467. The number of benzene rings is 1. The monoisotopic (exact) mass is 296 g/mol. The molecular weight excluding hydrogens is 275 g/mol. The number of nitrogens with one attached hydrogen (secondary N) is 2. The Labute approximate surface area is 123 Å². The van der Waals surface area contributed by atoms with Crippen LogP contribution >= 0.6 is 0 Å². The maximum Gasteiger partial charge on any atom is 0.314 e. The van der Waals surface area contributed by atoms with E-state index in [1.165, 1.54) is 6.07 Å². The maximum absolute atomic E-state index is 13.4. The summed E-state index contributed by atoms with van der Waals surface area (Å²) in [6.45, 7) is 3.66. The molecule has 5 nitrogen and oxygen atoms in total. The van der Waals surface area contributed by atoms with Crippen molar-refractivity contribution < 1.29 is 19.1 Å². The lowest BCUT2D eigenvalue weighted by atomic mass is 9.88. The summed E-state index contributed by atoms with van der Waals surface area (Å²) in [4.78, 5) is 22.7. The third-order valence-electron chi connectivity index (χ3n) is 3.57. The van der Waals surface area contributed by atoms with Crippen LogP contribution in [0.2, 0.25) is 0 Å². The number of carbonyl (C=O) groups is 2. The van der Waals surface area contributed by atoms with Crippen molar-refractivity contribution in [3.8, 4) is 0 Å². The predicted molar refractivity (Wildman–Crippen MR) is 77.5 cm³/mol. The average Bonchev–Trinajstić information content (AvgIpc) is 2.46. The molecule has 0 radical (unpaired) electrons. The van der Waals surface area contributed by atoms with E-state index in [-0.39, 0.29) is 18.9 Å². The molecule has 1 aromatic carbocycles. The average molecular weight is 296 g/mol. The third-order valence-corrected chi connectivity index (χ3v) is 3.57. The molecule has 1 aromatic rings. The third kappa shape index (κ3) is 5.06. The Hall–Kier alpha value is -2.11. The fourth-order valence-electron chi connectivity index (χ4n) is 1.70. The second kappa shape index (κ2) is 7.61. The Bertz CT molecular complexity index is 507. The van der Waals surface area contributed by atoms with E-state index in [1.807, 2.05) is 0 Å². The molecule has 0 saturated heterocycles. The highest BCUT2D eigenvalue weighted by Crippen LogP contribution is 2.19. The maximum atomic E-state index is 13.4. The number of amides is 2. The lowest BCUT2D eigenvalue weighted by molar-refractivity contribution is -0.147. The van der Waals surface area contributed by atoms with Gasteiger partial charge in [0, 0.05) is 13.1 Å². The minimum atomic E-state index is -0.983. The van der Waals surface area contributed by atoms with Gasteiger partial charge in [-0.25, -0.2) is 9.18 Å². The van der Waals surface area contributed by atoms with Gasteiger partial charge in [-0.1, -0.05) is 25.1 Å². The molecule has 0 aliphatic rings. The van der Waals surface area contributed by atoms with Crippen LogP contribution in [0.15, 0.2) is 24.3 Å². The van der Waals surface area contributed by atoms with Crippen LogP contribution in [0.25, 0.3) is 0 Å². The van der Waals surface area contributed by atoms with Gasteiger partial charge in [-0.15, -0.1) is 0 Å². The van der Waals surface area contributed by atoms with Crippen molar-refractivity contribution in [1.82, 2.24) is 10.6 Å². The highest BCUT2D eigenvalue weighted by atomic mass is 19.1. The van der Waals surface area contributed by atoms with Crippen LogP contribution in [-0.2, 0) is 11.2 Å². The zero-order valence-electron chi connectivity index (χ0n) is 12.3. The van der Waals surface area contributed by atoms with Crippen LogP contribution in [0, 0.1) is 11.2 Å². The van der Waals surface area contributed by atoms with Crippen molar-refractivity contribution in [2.75, 3.05) is 13.1 Å². The lowest BCUT2D eigenvalue weighted by Gasteiger charge is -2.23. The first-order chi connectivity index (χ1) is 9.89. The molecule has 0 fully saturated rings. The Balaban J connectivity index is 2.35. The molecule has 116 valence electrons. The van der Waals surface area contributed by atoms with Crippen molar-refractivity contribution in [2.24, 2.45) is 5.41 Å². The van der Waals surface area contributed by atoms with E-state index in [2.05, 4.69) is 10.6 Å². The summed E-state index contributed by atoms with van der Waals surface area (Å²) >= 11 is 0. The van der Waals surface area contributed by atoms with Crippen molar-refractivity contribution >= 4 is 12.0 Å². The van der Waals surface area contributed by atoms with E-state index in [1.54, 1.807) is 32.0 Å². The fourth-order valence-corrected chi connectivity index (χ4v) is 1.70. The molecule has 0 aromatic heterocycles. The molecule has 1 rings (SSSR count). The van der Waals surface area contributed by atoms with Gasteiger partial charge in [0.15, 0.2) is 0 Å². The summed E-state index contributed by atoms with van der Waals surface area (Å²) in [6, 6.07) is 5.92. The molecule has 1 unspecified atom stereocenters. The smallest absolute Gasteiger partial charge is 0.314 e. The number of carbonyl (C=O) groups excluding carboxylic acids is 1. The zero-order valence-corrected chi connectivity index (χ0v) is 12.3. The molecule has 3 N–H and O–H groups in total. The second-order valence-corrected chi connectivity index (χ2v) is 5.17. The van der Waals surface area contributed by atoms with Crippen LogP contribution in [0.5, 0.6) is 0 Å². The zero-order chi connectivity index (χ0) is 15.9. The molecule has 0 aliphatic heterocycles. The highest BCUT2D eigenvalue weighted by molar-refractivity contribution is 5.77. The van der Waals surface area contributed by atoms with Gasteiger partial charge < -0.3 is 15.7 Å². The number of hydrogen-bond donors (Lipinski definition) is 3. The minimum absolute atomic E-state index is 0.0460. The number of rotatable bonds is 7. The van der Waals surface area contributed by atoms with Crippen molar-refractivity contribution in [3.63, 3.8) is 0 Å². The van der Waals surface area contributed by atoms with Gasteiger partial charge in [0.25, 0.3) is 0 Å². The van der Waals surface area contributed by atoms with Crippen LogP contribution in [-0.4, -0.2) is 30.2 Å². The first-order valence-corrected chi connectivity index (χ1v) is 6.87. The topological polar surface area (TPSA) is 78.4 Å². The Kier molecular flexibility index (Phi) is 6.14. The summed E-state index contributed by atoms with van der Waals surface area (Å²) in [6.07, 6.45) is 0.794. The molecular formula is C15H21FN2O3. The van der Waals surface area contributed by atoms with E-state index in [0.717, 1.165) is 0 Å². The van der Waals surface area contributed by atoms with E-state index >= 15 is 0 Å². The van der Waals surface area contributed by atoms with E-state index in [0.29, 0.717) is 18.4 Å². The summed E-state index contributed by atoms with van der Waals surface area (Å²) in [7, 11) is 0. The van der Waals surface area contributed by atoms with Gasteiger partial charge in [0.2, 0.25) is 0 Å². The number of halogens is 1. The Morgan fingerprint density at radius 3 is 2.52 bits per heavy atom. The SMILES string of the molecule is CCC(C)(CNC(=O)NCCc1ccccc1F)C(=O)O. The standard InChI is InChI=1S/C15H21FN2O3/c1-3-15(2,13(19)20)10-18-14(21)17-9-8-11-6-4-5-7-12(11)16/h4-7H,3,8-10H2,1-2H3,(H,19,20)(H2,17,18,21). The number of carboxylic acids is 1. The van der Waals surface area contributed by atoms with Gasteiger partial charge >= 0.3 is 12.0 Å². The number of hydrogen-bond acceptors (Lipinski definition) is 2. The predicted octanol–water partition coefficient (Wildman–Crippen LogP) is 2.17. The van der Waals surface area contributed by atoms with Crippen LogP contribution in [0.1, 0.15) is 25.8 Å².